The summed E-state index contributed by atoms with van der Waals surface area (Å²) in [5, 5.41) is 2.30. The predicted molar refractivity (Wildman–Crippen MR) is 147 cm³/mol. The van der Waals surface area contributed by atoms with E-state index >= 15 is 0 Å². The van der Waals surface area contributed by atoms with E-state index in [1.807, 2.05) is 24.3 Å². The average molecular weight is 474 g/mol. The van der Waals surface area contributed by atoms with Crippen molar-refractivity contribution in [2.24, 2.45) is 0 Å². The number of benzene rings is 2. The number of carbonyl (C=O) groups is 1. The Morgan fingerprint density at radius 3 is 2.03 bits per heavy atom. The van der Waals surface area contributed by atoms with Crippen molar-refractivity contribution < 1.29 is 9.63 Å². The second kappa shape index (κ2) is 19.5. The molecule has 0 aliphatic heterocycles. The van der Waals surface area contributed by atoms with Gasteiger partial charge in [-0.2, -0.15) is 4.84 Å². The van der Waals surface area contributed by atoms with Gasteiger partial charge in [0.15, 0.2) is 0 Å². The van der Waals surface area contributed by atoms with Gasteiger partial charge in [-0.05, 0) is 34.2 Å². The number of hydrogen-bond acceptors (Lipinski definition) is 3. The zero-order valence-corrected chi connectivity index (χ0v) is 21.7. The first-order chi connectivity index (χ1) is 17.3. The van der Waals surface area contributed by atoms with Gasteiger partial charge in [0.05, 0.1) is 11.3 Å². The molecule has 0 unspecified atom stereocenters. The first kappa shape index (κ1) is 28.5. The Hall–Kier alpha value is -2.75. The third-order valence-corrected chi connectivity index (χ3v) is 6.28. The fourth-order valence-corrected chi connectivity index (χ4v) is 4.25. The summed E-state index contributed by atoms with van der Waals surface area (Å²) >= 11 is 0. The number of nitrogens with one attached hydrogen (secondary N) is 1. The number of rotatable bonds is 17. The molecule has 2 rings (SSSR count). The smallest absolute Gasteiger partial charge is 0.188 e. The summed E-state index contributed by atoms with van der Waals surface area (Å²) in [7, 11) is 0. The number of hydroxylamine groups is 1. The molecule has 0 spiro atoms. The largest absolute Gasteiger partial charge is 0.679 e. The summed E-state index contributed by atoms with van der Waals surface area (Å²) < 4.78 is 0. The highest BCUT2D eigenvalue weighted by Crippen LogP contribution is 2.18. The van der Waals surface area contributed by atoms with Crippen LogP contribution in [-0.2, 0) is 16.2 Å². The molecule has 0 amide bonds. The zero-order chi connectivity index (χ0) is 24.8. The Balaban J connectivity index is 1.42. The molecule has 3 heteroatoms. The topological polar surface area (TPSA) is 41.2 Å². The van der Waals surface area contributed by atoms with Crippen LogP contribution >= 0.6 is 0 Å². The standard InChI is InChI=1S/C32H43NO2/c1-2-3-4-5-6-7-8-9-10-11-12-13-14-15-16-17-18-19-27-32(34)35-33-28-30-25-22-24-29-23-20-21-26-31(29)30/h20-26,33H,2-16,28H2,1H3/q+1. The quantitative estimate of drug-likeness (QED) is 0.109. The molecule has 0 atom stereocenters. The summed E-state index contributed by atoms with van der Waals surface area (Å²) in [6.07, 6.45) is 19.8. The van der Waals surface area contributed by atoms with E-state index in [-0.39, 0.29) is 0 Å². The van der Waals surface area contributed by atoms with E-state index in [0.29, 0.717) is 6.54 Å². The van der Waals surface area contributed by atoms with Crippen LogP contribution in [-0.4, -0.2) is 5.97 Å². The number of fused-ring (bicyclic) bond motifs is 1. The fraction of sp³-hybridized carbons (Fsp3) is 0.531. The Kier molecular flexibility index (Phi) is 15.9. The zero-order valence-electron chi connectivity index (χ0n) is 21.7. The van der Waals surface area contributed by atoms with E-state index < -0.39 is 5.97 Å². The molecule has 0 saturated carbocycles. The Labute approximate surface area is 213 Å². The van der Waals surface area contributed by atoms with E-state index in [4.69, 9.17) is 4.84 Å². The monoisotopic (exact) mass is 473 g/mol. The van der Waals surface area contributed by atoms with Crippen molar-refractivity contribution in [3.05, 3.63) is 48.0 Å². The van der Waals surface area contributed by atoms with Crippen LogP contribution in [0.4, 0.5) is 0 Å². The highest BCUT2D eigenvalue weighted by atomic mass is 16.7. The maximum absolute atomic E-state index is 11.7. The van der Waals surface area contributed by atoms with Gasteiger partial charge in [-0.3, -0.25) is 0 Å². The van der Waals surface area contributed by atoms with Gasteiger partial charge in [-0.1, -0.05) is 139 Å². The van der Waals surface area contributed by atoms with Crippen LogP contribution in [0.5, 0.6) is 0 Å². The molecule has 0 fully saturated rings. The van der Waals surface area contributed by atoms with Gasteiger partial charge >= 0.3 is 5.97 Å². The van der Waals surface area contributed by atoms with Crippen molar-refractivity contribution in [1.29, 1.82) is 0 Å². The van der Waals surface area contributed by atoms with Gasteiger partial charge in [-0.25, -0.2) is 0 Å². The first-order valence-corrected chi connectivity index (χ1v) is 13.7. The number of unbranched alkanes of at least 4 members (excludes halogenated alkanes) is 14. The van der Waals surface area contributed by atoms with E-state index in [0.717, 1.165) is 29.2 Å². The summed E-state index contributed by atoms with van der Waals surface area (Å²) in [5.74, 6) is 10.2. The SMILES string of the molecule is CCCCCCCCCCCCCCCCC#CC#CC(=[O+])ONCc1cccc2ccccc12. The molecule has 0 heterocycles. The minimum absolute atomic E-state index is 0.430. The summed E-state index contributed by atoms with van der Waals surface area (Å²) in [6.45, 7) is 2.71. The van der Waals surface area contributed by atoms with Gasteiger partial charge in [0.1, 0.15) is 5.92 Å². The van der Waals surface area contributed by atoms with E-state index in [1.54, 1.807) is 0 Å². The van der Waals surface area contributed by atoms with Gasteiger partial charge in [0.2, 0.25) is 0 Å². The molecule has 0 bridgehead atoms. The molecule has 2 aromatic rings. The third kappa shape index (κ3) is 13.7. The molecule has 2 aromatic carbocycles. The number of hydrogen-bond donors (Lipinski definition) is 1. The van der Waals surface area contributed by atoms with E-state index in [2.05, 4.69) is 54.3 Å². The van der Waals surface area contributed by atoms with Crippen LogP contribution in [0.15, 0.2) is 42.5 Å². The van der Waals surface area contributed by atoms with Crippen molar-refractivity contribution in [2.45, 2.75) is 110 Å². The molecular weight excluding hydrogens is 430 g/mol. The molecule has 3 nitrogen and oxygen atoms in total. The number of carbonyl (C=O) groups excluding carboxylic acids is 1. The lowest BCUT2D eigenvalue weighted by atomic mass is 10.0. The lowest BCUT2D eigenvalue weighted by Crippen LogP contribution is -2.18. The Bertz CT molecular complexity index is 968. The van der Waals surface area contributed by atoms with E-state index in [1.165, 1.54) is 83.5 Å². The van der Waals surface area contributed by atoms with Crippen LogP contribution < -0.4 is 5.48 Å². The highest BCUT2D eigenvalue weighted by Gasteiger charge is 2.13. The van der Waals surface area contributed by atoms with Crippen molar-refractivity contribution in [3.63, 3.8) is 0 Å². The van der Waals surface area contributed by atoms with Crippen LogP contribution in [0.25, 0.3) is 10.8 Å². The first-order valence-electron chi connectivity index (χ1n) is 13.7. The maximum atomic E-state index is 11.7. The van der Waals surface area contributed by atoms with Crippen LogP contribution in [0, 0.1) is 23.7 Å². The Morgan fingerprint density at radius 1 is 0.743 bits per heavy atom. The van der Waals surface area contributed by atoms with Crippen LogP contribution in [0.2, 0.25) is 0 Å². The van der Waals surface area contributed by atoms with Gasteiger partial charge < -0.3 is 0 Å². The summed E-state index contributed by atoms with van der Waals surface area (Å²) in [6, 6.07) is 14.2. The molecule has 1 N–H and O–H groups in total. The van der Waals surface area contributed by atoms with Crippen LogP contribution in [0.3, 0.4) is 0 Å². The molecule has 35 heavy (non-hydrogen) atoms. The van der Waals surface area contributed by atoms with Crippen LogP contribution in [0.1, 0.15) is 109 Å². The fourth-order valence-electron chi connectivity index (χ4n) is 4.25. The highest BCUT2D eigenvalue weighted by molar-refractivity contribution is 5.89. The second-order valence-electron chi connectivity index (χ2n) is 9.25. The van der Waals surface area contributed by atoms with Gasteiger partial charge in [0.25, 0.3) is 0 Å². The van der Waals surface area contributed by atoms with Gasteiger partial charge in [-0.15, -0.1) is 0 Å². The molecule has 0 aliphatic carbocycles. The minimum Gasteiger partial charge on any atom is -0.188 e. The van der Waals surface area contributed by atoms with Gasteiger partial charge in [0, 0.05) is 12.3 Å². The molecular formula is C32H43NO2+. The molecule has 0 aliphatic rings. The lowest BCUT2D eigenvalue weighted by Gasteiger charge is -2.03. The molecule has 0 aromatic heterocycles. The average Bonchev–Trinajstić information content (AvgIpc) is 2.88. The van der Waals surface area contributed by atoms with Crippen molar-refractivity contribution >= 4 is 16.7 Å². The molecule has 0 saturated heterocycles. The van der Waals surface area contributed by atoms with E-state index in [9.17, 15) is 4.79 Å². The normalized spacial score (nSPS) is 10.3. The lowest BCUT2D eigenvalue weighted by molar-refractivity contribution is -0.144. The summed E-state index contributed by atoms with van der Waals surface area (Å²) in [5.41, 5.74) is 3.77. The minimum atomic E-state index is -0.615. The second-order valence-corrected chi connectivity index (χ2v) is 9.25. The molecule has 1 radical (unpaired) electrons. The van der Waals surface area contributed by atoms with Crippen molar-refractivity contribution in [2.75, 3.05) is 0 Å². The summed E-state index contributed by atoms with van der Waals surface area (Å²) in [4.78, 5) is 16.7. The predicted octanol–water partition coefficient (Wildman–Crippen LogP) is 8.27. The molecule has 187 valence electrons. The third-order valence-electron chi connectivity index (χ3n) is 6.28. The van der Waals surface area contributed by atoms with Crippen molar-refractivity contribution in [3.8, 4) is 23.7 Å². The maximum Gasteiger partial charge on any atom is 0.679 e. The Morgan fingerprint density at radius 2 is 1.34 bits per heavy atom. The van der Waals surface area contributed by atoms with Crippen molar-refractivity contribution in [1.82, 2.24) is 5.48 Å².